The summed E-state index contributed by atoms with van der Waals surface area (Å²) in [5, 5.41) is 2.10. The van der Waals surface area contributed by atoms with Gasteiger partial charge in [-0.3, -0.25) is 0 Å². The minimum absolute atomic E-state index is 0. The number of anilines is 1. The van der Waals surface area contributed by atoms with E-state index in [1.54, 1.807) is 0 Å². The fourth-order valence-electron chi connectivity index (χ4n) is 1.60. The Morgan fingerprint density at radius 2 is 2.00 bits per heavy atom. The normalized spacial score (nSPS) is 10.0. The van der Waals surface area contributed by atoms with E-state index in [1.165, 1.54) is 0 Å². The number of rotatable bonds is 1. The van der Waals surface area contributed by atoms with Gasteiger partial charge in [0.25, 0.3) is 0 Å². The molecule has 0 radical (unpaired) electrons. The maximum absolute atomic E-state index is 5.81. The van der Waals surface area contributed by atoms with Gasteiger partial charge in [0.2, 0.25) is 0 Å². The molecule has 1 aromatic heterocycles. The van der Waals surface area contributed by atoms with Crippen LogP contribution in [-0.4, -0.2) is 4.98 Å². The Morgan fingerprint density at radius 1 is 1.27 bits per heavy atom. The molecule has 0 saturated carbocycles. The molecular formula is C11H14ClN3. The Morgan fingerprint density at radius 3 is 2.67 bits per heavy atom. The number of pyridine rings is 1. The van der Waals surface area contributed by atoms with Gasteiger partial charge in [0.1, 0.15) is 5.82 Å². The van der Waals surface area contributed by atoms with Crippen LogP contribution in [0.3, 0.4) is 0 Å². The SMILES string of the molecule is Cc1cc2cc(CN)ccc2c(N)n1.Cl. The minimum Gasteiger partial charge on any atom is -0.383 e. The highest BCUT2D eigenvalue weighted by atomic mass is 35.5. The Balaban J connectivity index is 0.00000112. The van der Waals surface area contributed by atoms with Crippen LogP contribution < -0.4 is 11.5 Å². The third-order valence-electron chi connectivity index (χ3n) is 2.29. The molecule has 0 spiro atoms. The van der Waals surface area contributed by atoms with Gasteiger partial charge in [0.15, 0.2) is 0 Å². The minimum atomic E-state index is 0. The van der Waals surface area contributed by atoms with Gasteiger partial charge in [-0.1, -0.05) is 12.1 Å². The van der Waals surface area contributed by atoms with E-state index in [0.717, 1.165) is 22.0 Å². The average molecular weight is 224 g/mol. The molecule has 80 valence electrons. The number of hydrogen-bond acceptors (Lipinski definition) is 3. The molecule has 0 saturated heterocycles. The highest BCUT2D eigenvalue weighted by Crippen LogP contribution is 2.21. The second-order valence-electron chi connectivity index (χ2n) is 3.41. The van der Waals surface area contributed by atoms with Gasteiger partial charge in [0, 0.05) is 17.6 Å². The van der Waals surface area contributed by atoms with E-state index in [-0.39, 0.29) is 12.4 Å². The van der Waals surface area contributed by atoms with Crippen molar-refractivity contribution in [2.75, 3.05) is 5.73 Å². The summed E-state index contributed by atoms with van der Waals surface area (Å²) in [6, 6.07) is 8.03. The molecule has 1 aromatic carbocycles. The zero-order chi connectivity index (χ0) is 10.1. The van der Waals surface area contributed by atoms with Crippen LogP contribution in [0.1, 0.15) is 11.3 Å². The largest absolute Gasteiger partial charge is 0.383 e. The summed E-state index contributed by atoms with van der Waals surface area (Å²) in [7, 11) is 0. The number of hydrogen-bond donors (Lipinski definition) is 2. The monoisotopic (exact) mass is 223 g/mol. The van der Waals surface area contributed by atoms with E-state index in [2.05, 4.69) is 11.1 Å². The lowest BCUT2D eigenvalue weighted by atomic mass is 10.1. The number of aromatic nitrogens is 1. The fourth-order valence-corrected chi connectivity index (χ4v) is 1.60. The Kier molecular flexibility index (Phi) is 3.50. The van der Waals surface area contributed by atoms with Crippen LogP contribution in [0.4, 0.5) is 5.82 Å². The zero-order valence-electron chi connectivity index (χ0n) is 8.53. The Labute approximate surface area is 94.9 Å². The van der Waals surface area contributed by atoms with Gasteiger partial charge in [-0.15, -0.1) is 12.4 Å². The molecule has 0 bridgehead atoms. The summed E-state index contributed by atoms with van der Waals surface area (Å²) in [4.78, 5) is 4.20. The fraction of sp³-hybridized carbons (Fsp3) is 0.182. The van der Waals surface area contributed by atoms with Crippen molar-refractivity contribution in [3.05, 3.63) is 35.5 Å². The van der Waals surface area contributed by atoms with E-state index in [1.807, 2.05) is 25.1 Å². The molecule has 15 heavy (non-hydrogen) atoms. The molecule has 0 amide bonds. The van der Waals surface area contributed by atoms with Gasteiger partial charge in [0.05, 0.1) is 0 Å². The van der Waals surface area contributed by atoms with Gasteiger partial charge < -0.3 is 11.5 Å². The molecular weight excluding hydrogens is 210 g/mol. The number of nitrogen functional groups attached to an aromatic ring is 1. The number of benzene rings is 1. The molecule has 0 fully saturated rings. The summed E-state index contributed by atoms with van der Waals surface area (Å²) in [5.74, 6) is 0.587. The molecule has 0 unspecified atom stereocenters. The molecule has 1 heterocycles. The second-order valence-corrected chi connectivity index (χ2v) is 3.41. The molecule has 0 aliphatic rings. The molecule has 0 aliphatic heterocycles. The molecule has 2 rings (SSSR count). The summed E-state index contributed by atoms with van der Waals surface area (Å²) in [5.41, 5.74) is 13.4. The molecule has 0 atom stereocenters. The predicted molar refractivity (Wildman–Crippen MR) is 66.0 cm³/mol. The van der Waals surface area contributed by atoms with Crippen molar-refractivity contribution in [1.82, 2.24) is 4.98 Å². The van der Waals surface area contributed by atoms with Crippen molar-refractivity contribution in [1.29, 1.82) is 0 Å². The predicted octanol–water partition coefficient (Wildman–Crippen LogP) is 2.01. The zero-order valence-corrected chi connectivity index (χ0v) is 9.34. The van der Waals surface area contributed by atoms with Gasteiger partial charge in [-0.05, 0) is 30.0 Å². The van der Waals surface area contributed by atoms with Crippen molar-refractivity contribution >= 4 is 29.0 Å². The van der Waals surface area contributed by atoms with Crippen molar-refractivity contribution in [3.63, 3.8) is 0 Å². The Hall–Kier alpha value is -1.32. The van der Waals surface area contributed by atoms with E-state index in [9.17, 15) is 0 Å². The highest BCUT2D eigenvalue weighted by molar-refractivity contribution is 5.91. The first-order chi connectivity index (χ1) is 6.70. The summed E-state index contributed by atoms with van der Waals surface area (Å²) in [6.07, 6.45) is 0. The Bertz CT molecular complexity index is 482. The van der Waals surface area contributed by atoms with Gasteiger partial charge >= 0.3 is 0 Å². The summed E-state index contributed by atoms with van der Waals surface area (Å²) in [6.45, 7) is 2.49. The van der Waals surface area contributed by atoms with Gasteiger partial charge in [-0.25, -0.2) is 4.98 Å². The molecule has 4 N–H and O–H groups in total. The van der Waals surface area contributed by atoms with Crippen LogP contribution >= 0.6 is 12.4 Å². The van der Waals surface area contributed by atoms with Crippen LogP contribution in [0.2, 0.25) is 0 Å². The van der Waals surface area contributed by atoms with Crippen molar-refractivity contribution < 1.29 is 0 Å². The van der Waals surface area contributed by atoms with Crippen molar-refractivity contribution in [2.24, 2.45) is 5.73 Å². The number of nitrogens with two attached hydrogens (primary N) is 2. The van der Waals surface area contributed by atoms with Crippen molar-refractivity contribution in [3.8, 4) is 0 Å². The van der Waals surface area contributed by atoms with Crippen LogP contribution in [0.25, 0.3) is 10.8 Å². The smallest absolute Gasteiger partial charge is 0.131 e. The van der Waals surface area contributed by atoms with Crippen molar-refractivity contribution in [2.45, 2.75) is 13.5 Å². The van der Waals surface area contributed by atoms with E-state index in [0.29, 0.717) is 12.4 Å². The lowest BCUT2D eigenvalue weighted by Gasteiger charge is -2.04. The summed E-state index contributed by atoms with van der Waals surface area (Å²) >= 11 is 0. The first-order valence-electron chi connectivity index (χ1n) is 4.56. The first-order valence-corrected chi connectivity index (χ1v) is 4.56. The maximum atomic E-state index is 5.81. The number of fused-ring (bicyclic) bond motifs is 1. The third-order valence-corrected chi connectivity index (χ3v) is 2.29. The maximum Gasteiger partial charge on any atom is 0.131 e. The quantitative estimate of drug-likeness (QED) is 0.777. The third kappa shape index (κ3) is 2.19. The van der Waals surface area contributed by atoms with Gasteiger partial charge in [-0.2, -0.15) is 0 Å². The average Bonchev–Trinajstić information content (AvgIpc) is 2.16. The lowest BCUT2D eigenvalue weighted by molar-refractivity contribution is 1.07. The second kappa shape index (κ2) is 4.47. The number of halogens is 1. The van der Waals surface area contributed by atoms with E-state index in [4.69, 9.17) is 11.5 Å². The molecule has 4 heteroatoms. The van der Waals surface area contributed by atoms with Crippen LogP contribution in [0.15, 0.2) is 24.3 Å². The lowest BCUT2D eigenvalue weighted by Crippen LogP contribution is -1.98. The topological polar surface area (TPSA) is 64.9 Å². The molecule has 2 aromatic rings. The molecule has 0 aliphatic carbocycles. The van der Waals surface area contributed by atoms with Crippen LogP contribution in [-0.2, 0) is 6.54 Å². The summed E-state index contributed by atoms with van der Waals surface area (Å²) < 4.78 is 0. The number of aryl methyl sites for hydroxylation is 1. The molecule has 3 nitrogen and oxygen atoms in total. The van der Waals surface area contributed by atoms with E-state index >= 15 is 0 Å². The highest BCUT2D eigenvalue weighted by Gasteiger charge is 2.01. The first kappa shape index (κ1) is 11.8. The van der Waals surface area contributed by atoms with Crippen LogP contribution in [0, 0.1) is 6.92 Å². The van der Waals surface area contributed by atoms with Crippen LogP contribution in [0.5, 0.6) is 0 Å². The van der Waals surface area contributed by atoms with E-state index < -0.39 is 0 Å². The standard InChI is InChI=1S/C11H13N3.ClH/c1-7-4-9-5-8(6-12)2-3-10(9)11(13)14-7;/h2-5H,6,12H2,1H3,(H2,13,14);1H. The number of nitrogens with zero attached hydrogens (tertiary/aromatic N) is 1.